The van der Waals surface area contributed by atoms with Gasteiger partial charge in [0, 0.05) is 11.8 Å². The highest BCUT2D eigenvalue weighted by Gasteiger charge is 2.19. The minimum atomic E-state index is -3.85. The molecular weight excluding hydrogens is 320 g/mol. The Morgan fingerprint density at radius 1 is 1.35 bits per heavy atom. The number of nitrogens with two attached hydrogens (primary N) is 1. The maximum absolute atomic E-state index is 12.2. The summed E-state index contributed by atoms with van der Waals surface area (Å²) in [5.74, 6) is 0.0991. The van der Waals surface area contributed by atoms with Crippen LogP contribution in [0.2, 0.25) is 5.02 Å². The van der Waals surface area contributed by atoms with Crippen molar-refractivity contribution in [2.45, 2.75) is 4.90 Å². The van der Waals surface area contributed by atoms with Crippen molar-refractivity contribution in [1.82, 2.24) is 10.2 Å². The van der Waals surface area contributed by atoms with Crippen LogP contribution in [0.1, 0.15) is 5.56 Å². The average molecular weight is 329 g/mol. The number of halogens is 1. The predicted octanol–water partition coefficient (Wildman–Crippen LogP) is 1.56. The van der Waals surface area contributed by atoms with E-state index in [1.807, 2.05) is 0 Å². The van der Waals surface area contributed by atoms with Crippen molar-refractivity contribution in [2.24, 2.45) is 5.73 Å². The van der Waals surface area contributed by atoms with Crippen LogP contribution in [0, 0.1) is 0 Å². The molecule has 0 saturated carbocycles. The first-order valence-electron chi connectivity index (χ1n) is 5.30. The minimum Gasteiger partial charge on any atom is -0.389 e. The van der Waals surface area contributed by atoms with E-state index in [2.05, 4.69) is 14.9 Å². The molecule has 0 aliphatic heterocycles. The molecule has 20 heavy (non-hydrogen) atoms. The standard InChI is InChI=1S/C11H9ClN4O2S2/c12-8-6-7(11(13)19)3-4-9(8)20(17,18)16-10-2-1-5-14-15-10/h1-6H,(H2,13,19)(H,15,16). The lowest BCUT2D eigenvalue weighted by Gasteiger charge is -2.09. The van der Waals surface area contributed by atoms with Gasteiger partial charge in [0.05, 0.1) is 5.02 Å². The topological polar surface area (TPSA) is 98.0 Å². The number of sulfonamides is 1. The van der Waals surface area contributed by atoms with E-state index in [4.69, 9.17) is 29.6 Å². The largest absolute Gasteiger partial charge is 0.389 e. The average Bonchev–Trinajstić information content (AvgIpc) is 2.38. The lowest BCUT2D eigenvalue weighted by molar-refractivity contribution is 0.601. The van der Waals surface area contributed by atoms with Gasteiger partial charge in [0.1, 0.15) is 9.88 Å². The first-order valence-corrected chi connectivity index (χ1v) is 7.57. The second-order valence-corrected chi connectivity index (χ2v) is 6.22. The first kappa shape index (κ1) is 14.6. The number of benzene rings is 1. The van der Waals surface area contributed by atoms with Crippen LogP contribution in [0.5, 0.6) is 0 Å². The molecule has 0 spiro atoms. The highest BCUT2D eigenvalue weighted by molar-refractivity contribution is 7.92. The molecule has 0 aliphatic carbocycles. The third-order valence-electron chi connectivity index (χ3n) is 2.32. The number of nitrogens with one attached hydrogen (secondary N) is 1. The van der Waals surface area contributed by atoms with Crippen LogP contribution in [-0.2, 0) is 10.0 Å². The van der Waals surface area contributed by atoms with Gasteiger partial charge in [0.25, 0.3) is 10.0 Å². The number of hydrogen-bond acceptors (Lipinski definition) is 5. The normalized spacial score (nSPS) is 11.1. The first-order chi connectivity index (χ1) is 9.40. The summed E-state index contributed by atoms with van der Waals surface area (Å²) in [6.45, 7) is 0. The molecule has 1 heterocycles. The Balaban J connectivity index is 2.37. The van der Waals surface area contributed by atoms with E-state index >= 15 is 0 Å². The van der Waals surface area contributed by atoms with Gasteiger partial charge in [0.2, 0.25) is 0 Å². The Kier molecular flexibility index (Phi) is 4.17. The van der Waals surface area contributed by atoms with Crippen LogP contribution in [0.4, 0.5) is 5.82 Å². The summed E-state index contributed by atoms with van der Waals surface area (Å²) in [6.07, 6.45) is 1.43. The Hall–Kier alpha value is -1.77. The third-order valence-corrected chi connectivity index (χ3v) is 4.39. The van der Waals surface area contributed by atoms with E-state index in [9.17, 15) is 8.42 Å². The molecule has 6 nitrogen and oxygen atoms in total. The van der Waals surface area contributed by atoms with E-state index in [1.54, 1.807) is 6.07 Å². The quantitative estimate of drug-likeness (QED) is 0.827. The van der Waals surface area contributed by atoms with Crippen molar-refractivity contribution in [2.75, 3.05) is 4.72 Å². The van der Waals surface area contributed by atoms with E-state index in [0.717, 1.165) is 0 Å². The smallest absolute Gasteiger partial charge is 0.264 e. The summed E-state index contributed by atoms with van der Waals surface area (Å²) >= 11 is 10.8. The molecule has 104 valence electrons. The van der Waals surface area contributed by atoms with Gasteiger partial charge in [-0.3, -0.25) is 4.72 Å². The van der Waals surface area contributed by atoms with Crippen molar-refractivity contribution < 1.29 is 8.42 Å². The molecule has 0 aliphatic rings. The van der Waals surface area contributed by atoms with Gasteiger partial charge in [-0.1, -0.05) is 29.9 Å². The number of aromatic nitrogens is 2. The highest BCUT2D eigenvalue weighted by Crippen LogP contribution is 2.24. The Bertz CT molecular complexity index is 750. The molecule has 2 rings (SSSR count). The van der Waals surface area contributed by atoms with Crippen molar-refractivity contribution in [1.29, 1.82) is 0 Å². The number of anilines is 1. The number of hydrogen-bond donors (Lipinski definition) is 2. The lowest BCUT2D eigenvalue weighted by atomic mass is 10.2. The summed E-state index contributed by atoms with van der Waals surface area (Å²) in [4.78, 5) is 0.0440. The number of thiocarbonyl (C=S) groups is 1. The maximum Gasteiger partial charge on any atom is 0.264 e. The SMILES string of the molecule is NC(=S)c1ccc(S(=O)(=O)Nc2cccnn2)c(Cl)c1. The van der Waals surface area contributed by atoms with E-state index in [-0.39, 0.29) is 20.7 Å². The molecule has 0 amide bonds. The molecular formula is C11H9ClN4O2S2. The van der Waals surface area contributed by atoms with E-state index < -0.39 is 10.0 Å². The van der Waals surface area contributed by atoms with E-state index in [0.29, 0.717) is 5.56 Å². The van der Waals surface area contributed by atoms with Gasteiger partial charge >= 0.3 is 0 Å². The second-order valence-electron chi connectivity index (χ2n) is 3.72. The molecule has 0 atom stereocenters. The van der Waals surface area contributed by atoms with Crippen molar-refractivity contribution in [3.63, 3.8) is 0 Å². The molecule has 9 heteroatoms. The van der Waals surface area contributed by atoms with Gasteiger partial charge in [-0.2, -0.15) is 5.10 Å². The summed E-state index contributed by atoms with van der Waals surface area (Å²) in [5.41, 5.74) is 5.94. The van der Waals surface area contributed by atoms with Crippen LogP contribution in [0.3, 0.4) is 0 Å². The van der Waals surface area contributed by atoms with Gasteiger partial charge in [-0.15, -0.1) is 5.10 Å². The number of rotatable bonds is 4. The molecule has 0 radical (unpaired) electrons. The third kappa shape index (κ3) is 3.21. The zero-order chi connectivity index (χ0) is 14.8. The molecule has 1 aromatic carbocycles. The summed E-state index contributed by atoms with van der Waals surface area (Å²) in [5, 5.41) is 7.24. The molecule has 3 N–H and O–H groups in total. The molecule has 0 saturated heterocycles. The summed E-state index contributed by atoms with van der Waals surface area (Å²) < 4.78 is 26.6. The Morgan fingerprint density at radius 2 is 2.10 bits per heavy atom. The Morgan fingerprint density at radius 3 is 2.65 bits per heavy atom. The second kappa shape index (κ2) is 5.70. The van der Waals surface area contributed by atoms with Crippen LogP contribution in [0.15, 0.2) is 41.4 Å². The maximum atomic E-state index is 12.2. The van der Waals surface area contributed by atoms with Crippen molar-refractivity contribution in [3.05, 3.63) is 47.1 Å². The zero-order valence-electron chi connectivity index (χ0n) is 9.95. The molecule has 1 aromatic heterocycles. The predicted molar refractivity (Wildman–Crippen MR) is 80.2 cm³/mol. The fourth-order valence-corrected chi connectivity index (χ4v) is 3.09. The minimum absolute atomic E-state index is 0.0201. The van der Waals surface area contributed by atoms with Gasteiger partial charge < -0.3 is 5.73 Å². The van der Waals surface area contributed by atoms with Gasteiger partial charge in [-0.05, 0) is 24.3 Å². The zero-order valence-corrected chi connectivity index (χ0v) is 12.3. The van der Waals surface area contributed by atoms with Crippen LogP contribution in [0.25, 0.3) is 0 Å². The summed E-state index contributed by atoms with van der Waals surface area (Å²) in [6, 6.07) is 7.24. The lowest BCUT2D eigenvalue weighted by Crippen LogP contribution is -2.16. The molecule has 2 aromatic rings. The molecule has 0 unspecified atom stereocenters. The van der Waals surface area contributed by atoms with E-state index in [1.165, 1.54) is 30.5 Å². The van der Waals surface area contributed by atoms with Gasteiger partial charge in [0.15, 0.2) is 5.82 Å². The number of nitrogens with zero attached hydrogens (tertiary/aromatic N) is 2. The van der Waals surface area contributed by atoms with Gasteiger partial charge in [-0.25, -0.2) is 8.42 Å². The van der Waals surface area contributed by atoms with Crippen molar-refractivity contribution >= 4 is 44.6 Å². The fraction of sp³-hybridized carbons (Fsp3) is 0. The molecule has 0 fully saturated rings. The monoisotopic (exact) mass is 328 g/mol. The fourth-order valence-electron chi connectivity index (χ4n) is 1.42. The van der Waals surface area contributed by atoms with Crippen molar-refractivity contribution in [3.8, 4) is 0 Å². The van der Waals surface area contributed by atoms with Crippen LogP contribution in [-0.4, -0.2) is 23.6 Å². The summed E-state index contributed by atoms with van der Waals surface area (Å²) in [7, 11) is -3.85. The highest BCUT2D eigenvalue weighted by atomic mass is 35.5. The van der Waals surface area contributed by atoms with Crippen LogP contribution < -0.4 is 10.5 Å². The molecule has 0 bridgehead atoms. The Labute approximate surface area is 126 Å². The van der Waals surface area contributed by atoms with Crippen LogP contribution >= 0.6 is 23.8 Å².